The number of nitrogens with zero attached hydrogens (tertiary/aromatic N) is 4. The Balaban J connectivity index is 1.19. The molecular weight excluding hydrogens is 414 g/mol. The lowest BCUT2D eigenvalue weighted by Gasteiger charge is -2.37. The molecule has 0 saturated carbocycles. The van der Waals surface area contributed by atoms with Crippen molar-refractivity contribution in [2.45, 2.75) is 64.0 Å². The van der Waals surface area contributed by atoms with Crippen molar-refractivity contribution in [2.75, 3.05) is 32.7 Å². The summed E-state index contributed by atoms with van der Waals surface area (Å²) in [5, 5.41) is 7.36. The van der Waals surface area contributed by atoms with Crippen molar-refractivity contribution >= 4 is 11.8 Å². The number of nitrogens with one attached hydrogen (secondary N) is 1. The van der Waals surface area contributed by atoms with Crippen LogP contribution in [-0.2, 0) is 17.8 Å². The Labute approximate surface area is 196 Å². The van der Waals surface area contributed by atoms with Gasteiger partial charge in [0.2, 0.25) is 5.91 Å². The largest absolute Gasteiger partial charge is 0.342 e. The minimum Gasteiger partial charge on any atom is -0.342 e. The van der Waals surface area contributed by atoms with Crippen molar-refractivity contribution < 1.29 is 9.59 Å². The number of likely N-dealkylation sites (tertiary alicyclic amines) is 2. The van der Waals surface area contributed by atoms with E-state index in [0.29, 0.717) is 24.7 Å². The molecule has 7 heteroatoms. The molecule has 2 aromatic rings. The Morgan fingerprint density at radius 3 is 2.58 bits per heavy atom. The van der Waals surface area contributed by atoms with Crippen molar-refractivity contribution in [3.8, 4) is 0 Å². The molecule has 0 radical (unpaired) electrons. The summed E-state index contributed by atoms with van der Waals surface area (Å²) in [5.41, 5.74) is 4.21. The predicted molar refractivity (Wildman–Crippen MR) is 127 cm³/mol. The number of aromatic amines is 1. The summed E-state index contributed by atoms with van der Waals surface area (Å²) in [7, 11) is 0. The molecule has 1 N–H and O–H groups in total. The molecule has 0 spiro atoms. The van der Waals surface area contributed by atoms with Crippen LogP contribution in [0.5, 0.6) is 0 Å². The fourth-order valence-electron chi connectivity index (χ4n) is 5.70. The smallest absolute Gasteiger partial charge is 0.257 e. The zero-order valence-electron chi connectivity index (χ0n) is 19.6. The van der Waals surface area contributed by atoms with Gasteiger partial charge in [-0.1, -0.05) is 30.7 Å². The molecule has 7 nitrogen and oxygen atoms in total. The normalized spacial score (nSPS) is 22.3. The molecule has 1 atom stereocenters. The van der Waals surface area contributed by atoms with Crippen LogP contribution in [0.1, 0.15) is 72.1 Å². The van der Waals surface area contributed by atoms with Crippen LogP contribution in [0.25, 0.3) is 0 Å². The first-order valence-electron chi connectivity index (χ1n) is 12.5. The van der Waals surface area contributed by atoms with E-state index >= 15 is 0 Å². The van der Waals surface area contributed by atoms with Gasteiger partial charge in [-0.15, -0.1) is 0 Å². The highest BCUT2D eigenvalue weighted by atomic mass is 16.2. The molecular formula is C26H35N5O2. The summed E-state index contributed by atoms with van der Waals surface area (Å²) in [5.74, 6) is 0.544. The van der Waals surface area contributed by atoms with E-state index in [1.54, 1.807) is 6.20 Å². The highest BCUT2D eigenvalue weighted by Crippen LogP contribution is 2.31. The van der Waals surface area contributed by atoms with Crippen LogP contribution in [0, 0.1) is 0 Å². The fraction of sp³-hybridized carbons (Fsp3) is 0.577. The molecule has 2 fully saturated rings. The molecule has 2 amide bonds. The Morgan fingerprint density at radius 2 is 1.79 bits per heavy atom. The van der Waals surface area contributed by atoms with Gasteiger partial charge in [0.05, 0.1) is 24.0 Å². The number of benzene rings is 1. The monoisotopic (exact) mass is 449 g/mol. The Morgan fingerprint density at radius 1 is 1.00 bits per heavy atom. The van der Waals surface area contributed by atoms with Gasteiger partial charge >= 0.3 is 0 Å². The highest BCUT2D eigenvalue weighted by molar-refractivity contribution is 5.95. The molecule has 0 bridgehead atoms. The first-order chi connectivity index (χ1) is 16.1. The van der Waals surface area contributed by atoms with Gasteiger partial charge in [0.1, 0.15) is 0 Å². The van der Waals surface area contributed by atoms with Crippen LogP contribution in [0.2, 0.25) is 0 Å². The van der Waals surface area contributed by atoms with Gasteiger partial charge in [-0.25, -0.2) is 0 Å². The zero-order chi connectivity index (χ0) is 22.8. The lowest BCUT2D eigenvalue weighted by Crippen LogP contribution is -2.47. The van der Waals surface area contributed by atoms with E-state index in [1.807, 2.05) is 15.9 Å². The third-order valence-electron chi connectivity index (χ3n) is 7.85. The van der Waals surface area contributed by atoms with Gasteiger partial charge < -0.3 is 9.80 Å². The van der Waals surface area contributed by atoms with Gasteiger partial charge in [-0.3, -0.25) is 19.6 Å². The van der Waals surface area contributed by atoms with Crippen molar-refractivity contribution in [3.05, 3.63) is 52.8 Å². The summed E-state index contributed by atoms with van der Waals surface area (Å²) >= 11 is 0. The molecule has 5 rings (SSSR count). The van der Waals surface area contributed by atoms with Crippen LogP contribution < -0.4 is 0 Å². The Kier molecular flexibility index (Phi) is 6.49. The quantitative estimate of drug-likeness (QED) is 0.778. The summed E-state index contributed by atoms with van der Waals surface area (Å²) < 4.78 is 0. The number of amides is 2. The van der Waals surface area contributed by atoms with Crippen molar-refractivity contribution in [1.29, 1.82) is 0 Å². The van der Waals surface area contributed by atoms with Crippen molar-refractivity contribution in [2.24, 2.45) is 0 Å². The van der Waals surface area contributed by atoms with E-state index in [2.05, 4.69) is 40.2 Å². The molecule has 3 aliphatic heterocycles. The maximum absolute atomic E-state index is 13.4. The van der Waals surface area contributed by atoms with E-state index in [0.717, 1.165) is 51.1 Å². The summed E-state index contributed by atoms with van der Waals surface area (Å²) in [6, 6.07) is 8.87. The molecule has 176 valence electrons. The summed E-state index contributed by atoms with van der Waals surface area (Å²) in [6.45, 7) is 6.69. The highest BCUT2D eigenvalue weighted by Gasteiger charge is 2.31. The topological polar surface area (TPSA) is 72.5 Å². The van der Waals surface area contributed by atoms with Crippen LogP contribution in [0.4, 0.5) is 0 Å². The lowest BCUT2D eigenvalue weighted by atomic mass is 9.90. The second kappa shape index (κ2) is 9.67. The zero-order valence-corrected chi connectivity index (χ0v) is 19.6. The standard InChI is InChI=1S/C26H35N5O2/c1-19-6-4-5-12-30(19)18-24(32)29-13-10-21(11-14-29)25-23(16-27-28-25)26(33)31-15-9-20-7-2-3-8-22(20)17-31/h2-3,7-8,16,19,21H,4-6,9-15,17-18H2,1H3,(H,27,28)/t19-/m1/s1. The number of hydrogen-bond donors (Lipinski definition) is 1. The van der Waals surface area contributed by atoms with Crippen LogP contribution in [0.15, 0.2) is 30.5 Å². The predicted octanol–water partition coefficient (Wildman–Crippen LogP) is 3.19. The number of rotatable bonds is 4. The van der Waals surface area contributed by atoms with Crippen LogP contribution in [0.3, 0.4) is 0 Å². The number of H-pyrrole nitrogens is 1. The van der Waals surface area contributed by atoms with E-state index in [4.69, 9.17) is 0 Å². The molecule has 4 heterocycles. The average Bonchev–Trinajstić information content (AvgIpc) is 3.35. The van der Waals surface area contributed by atoms with E-state index in [9.17, 15) is 9.59 Å². The van der Waals surface area contributed by atoms with E-state index < -0.39 is 0 Å². The third-order valence-corrected chi connectivity index (χ3v) is 7.85. The molecule has 33 heavy (non-hydrogen) atoms. The molecule has 1 aromatic heterocycles. The molecule has 1 aromatic carbocycles. The maximum atomic E-state index is 13.4. The molecule has 3 aliphatic rings. The molecule has 2 saturated heterocycles. The number of piperidine rings is 2. The average molecular weight is 450 g/mol. The number of carbonyl (C=O) groups excluding carboxylic acids is 2. The van der Waals surface area contributed by atoms with Gasteiger partial charge in [-0.05, 0) is 56.7 Å². The first kappa shape index (κ1) is 22.1. The second-order valence-electron chi connectivity index (χ2n) is 9.91. The fourth-order valence-corrected chi connectivity index (χ4v) is 5.70. The van der Waals surface area contributed by atoms with Gasteiger partial charge in [0, 0.05) is 38.1 Å². The minimum atomic E-state index is 0.0610. The van der Waals surface area contributed by atoms with Gasteiger partial charge in [-0.2, -0.15) is 5.10 Å². The minimum absolute atomic E-state index is 0.0610. The van der Waals surface area contributed by atoms with E-state index in [-0.39, 0.29) is 17.7 Å². The van der Waals surface area contributed by atoms with Gasteiger partial charge in [0.25, 0.3) is 5.91 Å². The van der Waals surface area contributed by atoms with Crippen molar-refractivity contribution in [3.63, 3.8) is 0 Å². The van der Waals surface area contributed by atoms with E-state index in [1.165, 1.54) is 30.4 Å². The number of carbonyl (C=O) groups is 2. The summed E-state index contributed by atoms with van der Waals surface area (Å²) in [4.78, 5) is 32.5. The second-order valence-corrected chi connectivity index (χ2v) is 9.91. The molecule has 0 unspecified atom stereocenters. The first-order valence-corrected chi connectivity index (χ1v) is 12.5. The summed E-state index contributed by atoms with van der Waals surface area (Å²) in [6.07, 6.45) is 7.97. The van der Waals surface area contributed by atoms with Crippen molar-refractivity contribution in [1.82, 2.24) is 24.9 Å². The van der Waals surface area contributed by atoms with Crippen LogP contribution in [-0.4, -0.2) is 75.5 Å². The third kappa shape index (κ3) is 4.69. The molecule has 0 aliphatic carbocycles. The SMILES string of the molecule is C[C@@H]1CCCCN1CC(=O)N1CCC(c2[nH]ncc2C(=O)N2CCc3ccccc3C2)CC1. The number of aromatic nitrogens is 2. The van der Waals surface area contributed by atoms with Crippen LogP contribution >= 0.6 is 0 Å². The Bertz CT molecular complexity index is 994. The van der Waals surface area contributed by atoms with Gasteiger partial charge in [0.15, 0.2) is 0 Å². The lowest BCUT2D eigenvalue weighted by molar-refractivity contribution is -0.134. The number of fused-ring (bicyclic) bond motifs is 1. The maximum Gasteiger partial charge on any atom is 0.257 e. The number of hydrogen-bond acceptors (Lipinski definition) is 4. The Hall–Kier alpha value is -2.67.